The summed E-state index contributed by atoms with van der Waals surface area (Å²) in [7, 11) is 0. The van der Waals surface area contributed by atoms with Crippen LogP contribution in [0, 0.1) is 27.9 Å². The van der Waals surface area contributed by atoms with Gasteiger partial charge in [0.2, 0.25) is 0 Å². The minimum absolute atomic E-state index is 0.142. The van der Waals surface area contributed by atoms with Crippen LogP contribution in [0.4, 0.5) is 5.82 Å². The Balaban J connectivity index is 0.000000501. The van der Waals surface area contributed by atoms with E-state index < -0.39 is 12.2 Å². The molecule has 0 aliphatic carbocycles. The Morgan fingerprint density at radius 3 is 2.19 bits per heavy atom. The molecule has 0 spiro atoms. The van der Waals surface area contributed by atoms with E-state index in [1.165, 1.54) is 6.92 Å². The zero-order valence-electron chi connectivity index (χ0n) is 16.6. The van der Waals surface area contributed by atoms with Crippen molar-refractivity contribution in [3.63, 3.8) is 0 Å². The Bertz CT molecular complexity index is 730. The highest BCUT2D eigenvalue weighted by molar-refractivity contribution is 7.71. The van der Waals surface area contributed by atoms with Crippen molar-refractivity contribution in [3.05, 3.63) is 20.7 Å². The van der Waals surface area contributed by atoms with Crippen molar-refractivity contribution in [3.8, 4) is 6.07 Å². The Hall–Kier alpha value is -2.02. The van der Waals surface area contributed by atoms with E-state index in [-0.39, 0.29) is 16.1 Å². The number of nitrogens with two attached hydrogens (primary N) is 1. The van der Waals surface area contributed by atoms with Gasteiger partial charge in [0, 0.05) is 19.6 Å². The van der Waals surface area contributed by atoms with Gasteiger partial charge < -0.3 is 20.2 Å². The van der Waals surface area contributed by atoms with Gasteiger partial charge in [-0.05, 0) is 45.3 Å². The number of rotatable bonds is 9. The number of hydrogen-bond acceptors (Lipinski definition) is 7. The summed E-state index contributed by atoms with van der Waals surface area (Å²) in [6, 6.07) is 1.94. The molecule has 27 heavy (non-hydrogen) atoms. The van der Waals surface area contributed by atoms with Crippen LogP contribution in [0.2, 0.25) is 0 Å². The van der Waals surface area contributed by atoms with E-state index in [2.05, 4.69) is 9.97 Å². The molecule has 8 nitrogen and oxygen atoms in total. The summed E-state index contributed by atoms with van der Waals surface area (Å²) in [5, 5.41) is 8.70. The Morgan fingerprint density at radius 1 is 1.26 bits per heavy atom. The molecule has 0 saturated carbocycles. The van der Waals surface area contributed by atoms with E-state index in [1.54, 1.807) is 0 Å². The maximum Gasteiger partial charge on any atom is 0.256 e. The highest BCUT2D eigenvalue weighted by Crippen LogP contribution is 2.11. The fourth-order valence-electron chi connectivity index (χ4n) is 2.20. The van der Waals surface area contributed by atoms with Crippen LogP contribution in [0.25, 0.3) is 0 Å². The molecule has 1 aromatic heterocycles. The molecule has 9 heteroatoms. The molecule has 0 saturated heterocycles. The van der Waals surface area contributed by atoms with Crippen LogP contribution in [0.1, 0.15) is 46.6 Å². The summed E-state index contributed by atoms with van der Waals surface area (Å²) in [6.07, 6.45) is 0.527. The lowest BCUT2D eigenvalue weighted by atomic mass is 10.0. The van der Waals surface area contributed by atoms with Crippen molar-refractivity contribution in [1.82, 2.24) is 9.97 Å². The summed E-state index contributed by atoms with van der Waals surface area (Å²) in [5.74, 6) is 0.00484. The monoisotopic (exact) mass is 398 g/mol. The number of aromatic amines is 2. The van der Waals surface area contributed by atoms with Gasteiger partial charge in [0.25, 0.3) is 5.56 Å². The van der Waals surface area contributed by atoms with E-state index in [1.807, 2.05) is 33.8 Å². The molecular weight excluding hydrogens is 368 g/mol. The number of hydrogen-bond donors (Lipinski definition) is 3. The lowest BCUT2D eigenvalue weighted by Crippen LogP contribution is -2.23. The first kappa shape index (κ1) is 25.0. The number of nitrogen functional groups attached to an aromatic ring is 1. The highest BCUT2D eigenvalue weighted by atomic mass is 32.1. The van der Waals surface area contributed by atoms with Gasteiger partial charge in [-0.25, -0.2) is 0 Å². The minimum atomic E-state index is -0.627. The molecule has 1 atom stereocenters. The first-order chi connectivity index (χ1) is 12.7. The lowest BCUT2D eigenvalue weighted by Gasteiger charge is -2.18. The third kappa shape index (κ3) is 10.0. The number of nitriles is 1. The predicted octanol–water partition coefficient (Wildman–Crippen LogP) is 2.72. The van der Waals surface area contributed by atoms with Gasteiger partial charge >= 0.3 is 0 Å². The number of Topliss-reactive ketones (excluding diaryl/α,β-unsaturated/α-hetero) is 1. The van der Waals surface area contributed by atoms with Crippen molar-refractivity contribution in [2.45, 2.75) is 53.8 Å². The van der Waals surface area contributed by atoms with E-state index in [0.29, 0.717) is 43.4 Å². The fraction of sp³-hybridized carbons (Fsp3) is 0.667. The molecule has 0 fully saturated rings. The van der Waals surface area contributed by atoms with Crippen molar-refractivity contribution < 1.29 is 14.3 Å². The minimum Gasteiger partial charge on any atom is -0.385 e. The second-order valence-electron chi connectivity index (χ2n) is 6.27. The second kappa shape index (κ2) is 13.2. The molecule has 1 rings (SSSR count). The Kier molecular flexibility index (Phi) is 12.2. The molecule has 1 unspecified atom stereocenters. The Morgan fingerprint density at radius 2 is 1.81 bits per heavy atom. The molecule has 0 aliphatic rings. The number of carbonyl (C=O) groups excluding carboxylic acids is 1. The van der Waals surface area contributed by atoms with Gasteiger partial charge in [-0.1, -0.05) is 13.8 Å². The van der Waals surface area contributed by atoms with Crippen molar-refractivity contribution >= 4 is 23.8 Å². The number of carbonyl (C=O) groups is 1. The first-order valence-electron chi connectivity index (χ1n) is 8.90. The largest absolute Gasteiger partial charge is 0.385 e. The molecule has 0 aliphatic heterocycles. The molecular formula is C18H30N4O4S. The van der Waals surface area contributed by atoms with Crippen LogP contribution in [-0.2, 0) is 20.7 Å². The smallest absolute Gasteiger partial charge is 0.256 e. The number of ketones is 1. The van der Waals surface area contributed by atoms with Gasteiger partial charge in [0.05, 0.1) is 11.6 Å². The molecule has 0 radical (unpaired) electrons. The third-order valence-corrected chi connectivity index (χ3v) is 3.67. The standard InChI is InChI=1S/C10H17NO3.C8H13N3OS/c1-4-13-10(14-5-2)6-9(7-11)8(3)12;1-4(2)3-5-6(9)10-8(13)11-7(5)12/h9-10H,4-6H2,1-3H3;4H,3H2,1-2H3,(H4,9,10,11,12,13). The number of anilines is 1. The van der Waals surface area contributed by atoms with Crippen molar-refractivity contribution in [2.24, 2.45) is 11.8 Å². The number of nitrogens with one attached hydrogen (secondary N) is 2. The van der Waals surface area contributed by atoms with Crippen LogP contribution in [0.3, 0.4) is 0 Å². The summed E-state index contributed by atoms with van der Waals surface area (Å²) in [4.78, 5) is 27.6. The van der Waals surface area contributed by atoms with Crippen molar-refractivity contribution in [2.75, 3.05) is 18.9 Å². The SMILES string of the molecule is CC(C)Cc1c(N)[nH]c(=S)[nH]c1=O.CCOC(CC(C#N)C(C)=O)OCC. The number of nitrogens with zero attached hydrogens (tertiary/aromatic N) is 1. The van der Waals surface area contributed by atoms with E-state index in [9.17, 15) is 9.59 Å². The van der Waals surface area contributed by atoms with Gasteiger partial charge in [0.1, 0.15) is 17.5 Å². The van der Waals surface area contributed by atoms with E-state index >= 15 is 0 Å². The molecule has 4 N–H and O–H groups in total. The number of aromatic nitrogens is 2. The zero-order chi connectivity index (χ0) is 21.0. The average molecular weight is 399 g/mol. The maximum atomic E-state index is 11.4. The summed E-state index contributed by atoms with van der Waals surface area (Å²) in [6.45, 7) is 10.2. The molecule has 0 bridgehead atoms. The normalized spacial score (nSPS) is 11.6. The highest BCUT2D eigenvalue weighted by Gasteiger charge is 2.20. The van der Waals surface area contributed by atoms with Gasteiger partial charge in [-0.2, -0.15) is 5.26 Å². The summed E-state index contributed by atoms with van der Waals surface area (Å²) in [5.41, 5.74) is 6.03. The van der Waals surface area contributed by atoms with Crippen molar-refractivity contribution in [1.29, 1.82) is 5.26 Å². The van der Waals surface area contributed by atoms with Gasteiger partial charge in [0.15, 0.2) is 11.1 Å². The van der Waals surface area contributed by atoms with Crippen LogP contribution in [0.5, 0.6) is 0 Å². The summed E-state index contributed by atoms with van der Waals surface area (Å²) < 4.78 is 10.8. The van der Waals surface area contributed by atoms with Gasteiger partial charge in [-0.15, -0.1) is 0 Å². The molecule has 0 amide bonds. The van der Waals surface area contributed by atoms with Gasteiger partial charge in [-0.3, -0.25) is 14.6 Å². The molecule has 0 aromatic carbocycles. The van der Waals surface area contributed by atoms with Crippen LogP contribution in [-0.4, -0.2) is 35.3 Å². The summed E-state index contributed by atoms with van der Waals surface area (Å²) >= 11 is 4.77. The molecule has 152 valence electrons. The van der Waals surface area contributed by atoms with Crippen LogP contribution >= 0.6 is 12.2 Å². The van der Waals surface area contributed by atoms with Crippen LogP contribution < -0.4 is 11.3 Å². The zero-order valence-corrected chi connectivity index (χ0v) is 17.4. The maximum absolute atomic E-state index is 11.4. The average Bonchev–Trinajstić information content (AvgIpc) is 2.56. The number of ether oxygens (including phenoxy) is 2. The topological polar surface area (TPSA) is 134 Å². The number of H-pyrrole nitrogens is 2. The van der Waals surface area contributed by atoms with E-state index in [0.717, 1.165) is 0 Å². The fourth-order valence-corrected chi connectivity index (χ4v) is 2.40. The van der Waals surface area contributed by atoms with E-state index in [4.69, 9.17) is 32.7 Å². The first-order valence-corrected chi connectivity index (χ1v) is 9.31. The lowest BCUT2D eigenvalue weighted by molar-refractivity contribution is -0.148. The predicted molar refractivity (Wildman–Crippen MR) is 107 cm³/mol. The van der Waals surface area contributed by atoms with Crippen LogP contribution in [0.15, 0.2) is 4.79 Å². The Labute approximate surface area is 165 Å². The molecule has 1 heterocycles. The molecule has 1 aromatic rings. The quantitative estimate of drug-likeness (QED) is 0.430. The third-order valence-electron chi connectivity index (χ3n) is 3.47. The second-order valence-corrected chi connectivity index (χ2v) is 6.67.